The van der Waals surface area contributed by atoms with Crippen LogP contribution < -0.4 is 24.8 Å². The number of sulfonamides is 1. The molecule has 16 heteroatoms. The molecule has 3 aromatic rings. The first kappa shape index (κ1) is 39.4. The number of ether oxygens (including phenoxy) is 3. The molecule has 2 heterocycles. The van der Waals surface area contributed by atoms with Gasteiger partial charge in [0.2, 0.25) is 21.8 Å². The number of fused-ring (bicyclic) bond motifs is 1. The van der Waals surface area contributed by atoms with Crippen LogP contribution in [0.2, 0.25) is 0 Å². The summed E-state index contributed by atoms with van der Waals surface area (Å²) in [5.74, 6) is -2.55. The number of likely N-dealkylation sites (tertiary alicyclic amines) is 1. The highest BCUT2D eigenvalue weighted by atomic mass is 32.2. The Morgan fingerprint density at radius 3 is 2.45 bits per heavy atom. The molecule has 6 rings (SSSR count). The zero-order chi connectivity index (χ0) is 39.7. The second-order valence-corrected chi connectivity index (χ2v) is 17.2. The van der Waals surface area contributed by atoms with Crippen LogP contribution in [0.3, 0.4) is 0 Å². The van der Waals surface area contributed by atoms with Gasteiger partial charge in [-0.1, -0.05) is 57.2 Å². The highest BCUT2D eigenvalue weighted by Gasteiger charge is 2.61. The van der Waals surface area contributed by atoms with E-state index in [0.29, 0.717) is 40.9 Å². The monoisotopic (exact) mass is 779 g/mol. The van der Waals surface area contributed by atoms with Gasteiger partial charge in [0, 0.05) is 42.0 Å². The van der Waals surface area contributed by atoms with Crippen molar-refractivity contribution in [1.82, 2.24) is 25.2 Å². The lowest BCUT2D eigenvalue weighted by atomic mass is 9.86. The fourth-order valence-corrected chi connectivity index (χ4v) is 8.14. The van der Waals surface area contributed by atoms with E-state index in [9.17, 15) is 32.0 Å². The predicted molar refractivity (Wildman–Crippen MR) is 201 cm³/mol. The Morgan fingerprint density at radius 2 is 1.84 bits per heavy atom. The SMILES string of the molecule is C=C[C@@H]1C[C@]1(NC(=O)[C@@H]1C[C@H](Oc2cc(-c3ccccc3)nc3cc(OC)ccc23)N(C(=O)[C@@H](NC(=O)OCCF)C(C)(C)C)C1)C(=O)NS(=O)(=O)C1CC1. The minimum absolute atomic E-state index is 0.0296. The Bertz CT molecular complexity index is 2090. The third kappa shape index (κ3) is 8.53. The number of pyridine rings is 1. The Balaban J connectivity index is 1.34. The number of halogens is 1. The van der Waals surface area contributed by atoms with Crippen molar-refractivity contribution in [1.29, 1.82) is 0 Å². The summed E-state index contributed by atoms with van der Waals surface area (Å²) in [6.07, 6.45) is 0.457. The maximum atomic E-state index is 14.5. The quantitative estimate of drug-likeness (QED) is 0.200. The first-order valence-corrected chi connectivity index (χ1v) is 19.7. The van der Waals surface area contributed by atoms with Crippen LogP contribution in [0.15, 0.2) is 67.3 Å². The molecule has 3 aliphatic rings. The molecule has 5 atom stereocenters. The molecule has 3 fully saturated rings. The number of hydrogen-bond donors (Lipinski definition) is 3. The third-order valence-electron chi connectivity index (χ3n) is 10.2. The minimum atomic E-state index is -3.90. The van der Waals surface area contributed by atoms with Crippen LogP contribution in [0.5, 0.6) is 11.5 Å². The zero-order valence-corrected chi connectivity index (χ0v) is 32.0. The number of benzene rings is 2. The van der Waals surface area contributed by atoms with Crippen LogP contribution in [0.4, 0.5) is 9.18 Å². The van der Waals surface area contributed by atoms with Gasteiger partial charge in [-0.25, -0.2) is 22.6 Å². The van der Waals surface area contributed by atoms with E-state index in [2.05, 4.69) is 21.9 Å². The smallest absolute Gasteiger partial charge is 0.407 e. The van der Waals surface area contributed by atoms with Crippen molar-refractivity contribution in [2.75, 3.05) is 26.9 Å². The molecule has 0 bridgehead atoms. The molecule has 0 unspecified atom stereocenters. The highest BCUT2D eigenvalue weighted by molar-refractivity contribution is 7.91. The van der Waals surface area contributed by atoms with E-state index in [1.807, 2.05) is 30.3 Å². The zero-order valence-electron chi connectivity index (χ0n) is 31.2. The van der Waals surface area contributed by atoms with Gasteiger partial charge in [0.1, 0.15) is 36.4 Å². The number of nitrogens with zero attached hydrogens (tertiary/aromatic N) is 2. The van der Waals surface area contributed by atoms with Crippen molar-refractivity contribution < 1.29 is 46.2 Å². The molecule has 1 aromatic heterocycles. The van der Waals surface area contributed by atoms with Crippen molar-refractivity contribution in [3.05, 3.63) is 67.3 Å². The molecule has 55 heavy (non-hydrogen) atoms. The van der Waals surface area contributed by atoms with E-state index < -0.39 is 87.4 Å². The number of hydrogen-bond acceptors (Lipinski definition) is 10. The molecular formula is C39H46FN5O9S. The number of rotatable bonds is 14. The lowest BCUT2D eigenvalue weighted by Gasteiger charge is -2.35. The third-order valence-corrected chi connectivity index (χ3v) is 12.0. The Morgan fingerprint density at radius 1 is 1.11 bits per heavy atom. The van der Waals surface area contributed by atoms with E-state index in [1.54, 1.807) is 52.1 Å². The van der Waals surface area contributed by atoms with Crippen LogP contribution in [0, 0.1) is 17.3 Å². The van der Waals surface area contributed by atoms with Gasteiger partial charge in [0.05, 0.1) is 29.5 Å². The molecule has 2 aromatic carbocycles. The molecule has 0 spiro atoms. The van der Waals surface area contributed by atoms with Crippen molar-refractivity contribution in [2.45, 2.75) is 69.5 Å². The molecule has 0 radical (unpaired) electrons. The number of alkyl carbamates (subject to hydrolysis) is 1. The summed E-state index contributed by atoms with van der Waals surface area (Å²) >= 11 is 0. The molecule has 2 saturated carbocycles. The van der Waals surface area contributed by atoms with Gasteiger partial charge in [-0.2, -0.15) is 0 Å². The van der Waals surface area contributed by atoms with Crippen molar-refractivity contribution in [2.24, 2.45) is 17.3 Å². The van der Waals surface area contributed by atoms with Gasteiger partial charge >= 0.3 is 6.09 Å². The first-order valence-electron chi connectivity index (χ1n) is 18.1. The second-order valence-electron chi connectivity index (χ2n) is 15.2. The lowest BCUT2D eigenvalue weighted by molar-refractivity contribution is -0.141. The second kappa shape index (κ2) is 15.5. The Kier molecular flexibility index (Phi) is 11.1. The summed E-state index contributed by atoms with van der Waals surface area (Å²) in [5, 5.41) is 5.31. The van der Waals surface area contributed by atoms with Crippen LogP contribution >= 0.6 is 0 Å². The average Bonchev–Trinajstić information content (AvgIpc) is 4.09. The number of alkyl halides is 1. The van der Waals surface area contributed by atoms with Crippen molar-refractivity contribution in [3.63, 3.8) is 0 Å². The number of carbonyl (C=O) groups is 4. The summed E-state index contributed by atoms with van der Waals surface area (Å²) in [6, 6.07) is 15.2. The fourth-order valence-electron chi connectivity index (χ4n) is 6.78. The van der Waals surface area contributed by atoms with Gasteiger partial charge in [-0.15, -0.1) is 6.58 Å². The number of methoxy groups -OCH3 is 1. The summed E-state index contributed by atoms with van der Waals surface area (Å²) in [6.45, 7) is 7.38. The van der Waals surface area contributed by atoms with Gasteiger partial charge in [-0.05, 0) is 36.8 Å². The molecule has 1 aliphatic heterocycles. The van der Waals surface area contributed by atoms with Crippen LogP contribution in [0.25, 0.3) is 22.2 Å². The maximum Gasteiger partial charge on any atom is 0.407 e. The van der Waals surface area contributed by atoms with E-state index in [1.165, 1.54) is 11.0 Å². The maximum absolute atomic E-state index is 14.5. The van der Waals surface area contributed by atoms with Crippen LogP contribution in [-0.4, -0.2) is 92.1 Å². The van der Waals surface area contributed by atoms with E-state index in [4.69, 9.17) is 19.2 Å². The van der Waals surface area contributed by atoms with E-state index in [-0.39, 0.29) is 19.4 Å². The van der Waals surface area contributed by atoms with Gasteiger partial charge in [-0.3, -0.25) is 19.1 Å². The molecule has 1 saturated heterocycles. The molecule has 2 aliphatic carbocycles. The van der Waals surface area contributed by atoms with E-state index >= 15 is 0 Å². The predicted octanol–water partition coefficient (Wildman–Crippen LogP) is 4.24. The van der Waals surface area contributed by atoms with Crippen LogP contribution in [-0.2, 0) is 29.1 Å². The topological polar surface area (TPSA) is 182 Å². The number of nitrogens with one attached hydrogen (secondary N) is 3. The molecule has 3 N–H and O–H groups in total. The minimum Gasteiger partial charge on any atom is -0.497 e. The normalized spacial score (nSPS) is 22.6. The van der Waals surface area contributed by atoms with Crippen LogP contribution in [0.1, 0.15) is 46.5 Å². The molecule has 4 amide bonds. The Hall–Kier alpha value is -5.25. The number of aromatic nitrogens is 1. The van der Waals surface area contributed by atoms with E-state index in [0.717, 1.165) is 5.56 Å². The molecule has 14 nitrogen and oxygen atoms in total. The highest BCUT2D eigenvalue weighted by Crippen LogP contribution is 2.46. The number of amides is 4. The van der Waals surface area contributed by atoms with Gasteiger partial charge < -0.3 is 29.7 Å². The lowest BCUT2D eigenvalue weighted by Crippen LogP contribution is -2.57. The van der Waals surface area contributed by atoms with Gasteiger partial charge in [0.25, 0.3) is 5.91 Å². The fraction of sp³-hybridized carbons (Fsp3) is 0.462. The largest absolute Gasteiger partial charge is 0.497 e. The summed E-state index contributed by atoms with van der Waals surface area (Å²) in [4.78, 5) is 60.9. The van der Waals surface area contributed by atoms with Crippen molar-refractivity contribution in [3.8, 4) is 22.8 Å². The standard InChI is InChI=1S/C39H46FN5O9S/c1-6-25-21-39(25,36(48)44-55(50,51)27-13-14-27)43-34(46)24-18-32(45(22-24)35(47)33(38(2,3)4)42-37(49)53-17-16-40)54-31-20-29(23-10-8-7-9-11-23)41-30-19-26(52-5)12-15-28(30)31/h6-12,15,19-20,24-25,27,32-33H,1,13-14,16-18,21-22H2,2-5H3,(H,42,49)(H,43,46)(H,44,48)/t24-,25-,32+,33-,39-/m1/s1. The summed E-state index contributed by atoms with van der Waals surface area (Å²) in [5.41, 5.74) is -0.494. The first-order chi connectivity index (χ1) is 26.1. The van der Waals surface area contributed by atoms with Gasteiger partial charge in [0.15, 0.2) is 6.23 Å². The average molecular weight is 780 g/mol. The number of carbonyl (C=O) groups excluding carboxylic acids is 4. The summed E-state index contributed by atoms with van der Waals surface area (Å²) in [7, 11) is -2.36. The molecule has 294 valence electrons. The van der Waals surface area contributed by atoms with Crippen molar-refractivity contribution >= 4 is 44.7 Å². The summed E-state index contributed by atoms with van der Waals surface area (Å²) < 4.78 is 57.3. The molecular weight excluding hydrogens is 734 g/mol. The Labute approximate surface area is 319 Å².